The van der Waals surface area contributed by atoms with Crippen LogP contribution in [0, 0.1) is 0 Å². The first kappa shape index (κ1) is 18.8. The molecular weight excluding hydrogens is 346 g/mol. The van der Waals surface area contributed by atoms with E-state index in [1.165, 1.54) is 29.2 Å². The number of carbonyl (C=O) groups excluding carboxylic acids is 1. The number of nitrogens with zero attached hydrogens (tertiary/aromatic N) is 2. The molecule has 9 heteroatoms. The molecule has 1 atom stereocenters. The van der Waals surface area contributed by atoms with E-state index in [4.69, 9.17) is 5.21 Å². The molecule has 2 aromatic heterocycles. The Balaban J connectivity index is 2.26. The van der Waals surface area contributed by atoms with E-state index in [1.807, 2.05) is 0 Å². The van der Waals surface area contributed by atoms with E-state index in [9.17, 15) is 18.0 Å². The molecule has 0 unspecified atom stereocenters. The molecule has 0 saturated heterocycles. The standard InChI is InChI=1S/C16H19N3O5S/c1-16(15(21)18-22,25(2,23)24)6-10-19-9-5-13(11-14(19)20)12-3-7-17-8-4-12/h3-5,7-9,11,22H,6,10H2,1-2H3,(H,18,21)/t16-/m1/s1. The number of carbonyl (C=O) groups is 1. The molecule has 0 saturated carbocycles. The zero-order chi connectivity index (χ0) is 18.7. The van der Waals surface area contributed by atoms with Crippen molar-refractivity contribution in [1.82, 2.24) is 15.0 Å². The van der Waals surface area contributed by atoms with Crippen molar-refractivity contribution in [3.8, 4) is 11.1 Å². The van der Waals surface area contributed by atoms with Crippen LogP contribution >= 0.6 is 0 Å². The maximum Gasteiger partial charge on any atom is 0.264 e. The zero-order valence-corrected chi connectivity index (χ0v) is 14.7. The van der Waals surface area contributed by atoms with Crippen LogP contribution in [0.5, 0.6) is 0 Å². The maximum atomic E-state index is 12.3. The highest BCUT2D eigenvalue weighted by molar-refractivity contribution is 7.92. The van der Waals surface area contributed by atoms with Crippen molar-refractivity contribution >= 4 is 15.7 Å². The van der Waals surface area contributed by atoms with Gasteiger partial charge in [-0.15, -0.1) is 0 Å². The molecule has 0 aliphatic rings. The number of hydrogen-bond donors (Lipinski definition) is 2. The third kappa shape index (κ3) is 3.94. The third-order valence-electron chi connectivity index (χ3n) is 4.24. The first-order valence-corrected chi connectivity index (χ1v) is 9.33. The average molecular weight is 365 g/mol. The number of hydroxylamine groups is 1. The van der Waals surface area contributed by atoms with Crippen molar-refractivity contribution in [2.45, 2.75) is 24.6 Å². The van der Waals surface area contributed by atoms with Crippen LogP contribution in [0.3, 0.4) is 0 Å². The number of aromatic nitrogens is 2. The second kappa shape index (κ2) is 7.16. The number of amides is 1. The van der Waals surface area contributed by atoms with Gasteiger partial charge in [-0.1, -0.05) is 0 Å². The summed E-state index contributed by atoms with van der Waals surface area (Å²) in [6.45, 7) is 1.22. The van der Waals surface area contributed by atoms with Crippen LogP contribution < -0.4 is 11.0 Å². The van der Waals surface area contributed by atoms with E-state index in [2.05, 4.69) is 4.98 Å². The zero-order valence-electron chi connectivity index (χ0n) is 13.8. The number of pyridine rings is 2. The minimum Gasteiger partial charge on any atom is -0.315 e. The minimum atomic E-state index is -3.80. The maximum absolute atomic E-state index is 12.3. The van der Waals surface area contributed by atoms with Gasteiger partial charge in [0.15, 0.2) is 14.6 Å². The highest BCUT2D eigenvalue weighted by atomic mass is 32.2. The summed E-state index contributed by atoms with van der Waals surface area (Å²) in [5.74, 6) is -1.03. The van der Waals surface area contributed by atoms with Crippen LogP contribution in [0.25, 0.3) is 11.1 Å². The van der Waals surface area contributed by atoms with Gasteiger partial charge < -0.3 is 4.57 Å². The molecule has 0 aliphatic heterocycles. The van der Waals surface area contributed by atoms with Crippen LogP contribution in [0.2, 0.25) is 0 Å². The molecule has 1 amide bonds. The predicted octanol–water partition coefficient (Wildman–Crippen LogP) is 0.609. The second-order valence-corrected chi connectivity index (χ2v) is 8.32. The van der Waals surface area contributed by atoms with Gasteiger partial charge in [-0.3, -0.25) is 19.8 Å². The largest absolute Gasteiger partial charge is 0.315 e. The molecule has 0 radical (unpaired) electrons. The lowest BCUT2D eigenvalue weighted by Gasteiger charge is -2.25. The summed E-state index contributed by atoms with van der Waals surface area (Å²) < 4.78 is 23.3. The molecular formula is C16H19N3O5S. The van der Waals surface area contributed by atoms with Gasteiger partial charge in [-0.25, -0.2) is 13.9 Å². The van der Waals surface area contributed by atoms with Crippen molar-refractivity contribution < 1.29 is 18.4 Å². The molecule has 0 aliphatic carbocycles. The summed E-state index contributed by atoms with van der Waals surface area (Å²) in [6, 6.07) is 6.69. The van der Waals surface area contributed by atoms with Crippen LogP contribution in [0.4, 0.5) is 0 Å². The Bertz CT molecular complexity index is 924. The van der Waals surface area contributed by atoms with Crippen LogP contribution in [0.1, 0.15) is 13.3 Å². The fourth-order valence-corrected chi connectivity index (χ4v) is 3.18. The van der Waals surface area contributed by atoms with Crippen LogP contribution in [-0.4, -0.2) is 40.1 Å². The molecule has 134 valence electrons. The Morgan fingerprint density at radius 1 is 1.28 bits per heavy atom. The first-order chi connectivity index (χ1) is 11.7. The summed E-state index contributed by atoms with van der Waals surface area (Å²) in [5.41, 5.74) is 2.60. The Hall–Kier alpha value is -2.52. The lowest BCUT2D eigenvalue weighted by Crippen LogP contribution is -2.49. The van der Waals surface area contributed by atoms with E-state index < -0.39 is 20.5 Å². The Labute approximate surface area is 145 Å². The summed E-state index contributed by atoms with van der Waals surface area (Å²) in [6.07, 6.45) is 5.53. The second-order valence-electron chi connectivity index (χ2n) is 5.88. The summed E-state index contributed by atoms with van der Waals surface area (Å²) in [5, 5.41) is 8.81. The average Bonchev–Trinajstić information content (AvgIpc) is 2.59. The molecule has 8 nitrogen and oxygen atoms in total. The highest BCUT2D eigenvalue weighted by Gasteiger charge is 2.43. The van der Waals surface area contributed by atoms with Gasteiger partial charge in [0.2, 0.25) is 0 Å². The summed E-state index contributed by atoms with van der Waals surface area (Å²) >= 11 is 0. The Morgan fingerprint density at radius 2 is 1.92 bits per heavy atom. The number of aryl methyl sites for hydroxylation is 1. The number of hydrogen-bond acceptors (Lipinski definition) is 6. The van der Waals surface area contributed by atoms with Gasteiger partial charge in [0, 0.05) is 37.5 Å². The van der Waals surface area contributed by atoms with Gasteiger partial charge in [-0.05, 0) is 42.7 Å². The minimum absolute atomic E-state index is 0.00640. The summed E-state index contributed by atoms with van der Waals surface area (Å²) in [4.78, 5) is 28.0. The van der Waals surface area contributed by atoms with Gasteiger partial charge in [-0.2, -0.15) is 0 Å². The van der Waals surface area contributed by atoms with E-state index in [1.54, 1.807) is 30.6 Å². The number of sulfone groups is 1. The quantitative estimate of drug-likeness (QED) is 0.572. The van der Waals surface area contributed by atoms with E-state index in [0.29, 0.717) is 5.56 Å². The van der Waals surface area contributed by atoms with Crippen molar-refractivity contribution in [1.29, 1.82) is 0 Å². The lowest BCUT2D eigenvalue weighted by atomic mass is 10.1. The van der Waals surface area contributed by atoms with Crippen molar-refractivity contribution in [2.24, 2.45) is 0 Å². The Kier molecular flexibility index (Phi) is 5.39. The normalized spacial score (nSPS) is 13.9. The van der Waals surface area contributed by atoms with Crippen molar-refractivity contribution in [3.63, 3.8) is 0 Å². The molecule has 0 fully saturated rings. The monoisotopic (exact) mass is 365 g/mol. The molecule has 2 N–H and O–H groups in total. The van der Waals surface area contributed by atoms with Gasteiger partial charge in [0.1, 0.15) is 0 Å². The molecule has 2 aromatic rings. The lowest BCUT2D eigenvalue weighted by molar-refractivity contribution is -0.131. The fraction of sp³-hybridized carbons (Fsp3) is 0.312. The first-order valence-electron chi connectivity index (χ1n) is 7.44. The van der Waals surface area contributed by atoms with Gasteiger partial charge >= 0.3 is 0 Å². The smallest absolute Gasteiger partial charge is 0.264 e. The van der Waals surface area contributed by atoms with Crippen molar-refractivity contribution in [3.05, 3.63) is 53.2 Å². The van der Waals surface area contributed by atoms with Gasteiger partial charge in [0.25, 0.3) is 11.5 Å². The van der Waals surface area contributed by atoms with E-state index in [-0.39, 0.29) is 18.5 Å². The SMILES string of the molecule is C[C@@](CCn1ccc(-c2ccncc2)cc1=O)(C(=O)NO)S(C)(=O)=O. The van der Waals surface area contributed by atoms with Gasteiger partial charge in [0.05, 0.1) is 0 Å². The third-order valence-corrected chi connectivity index (χ3v) is 6.27. The topological polar surface area (TPSA) is 118 Å². The molecule has 2 rings (SSSR count). The molecule has 25 heavy (non-hydrogen) atoms. The molecule has 0 spiro atoms. The summed E-state index contributed by atoms with van der Waals surface area (Å²) in [7, 11) is -3.80. The van der Waals surface area contributed by atoms with E-state index in [0.717, 1.165) is 11.8 Å². The molecule has 2 heterocycles. The molecule has 0 aromatic carbocycles. The van der Waals surface area contributed by atoms with Crippen LogP contribution in [-0.2, 0) is 21.2 Å². The number of rotatable bonds is 6. The van der Waals surface area contributed by atoms with Crippen LogP contribution in [0.15, 0.2) is 47.7 Å². The van der Waals surface area contributed by atoms with E-state index >= 15 is 0 Å². The number of nitrogens with one attached hydrogen (secondary N) is 1. The fourth-order valence-electron chi connectivity index (χ4n) is 2.34. The highest BCUT2D eigenvalue weighted by Crippen LogP contribution is 2.22. The Morgan fingerprint density at radius 3 is 2.44 bits per heavy atom. The van der Waals surface area contributed by atoms with Crippen molar-refractivity contribution in [2.75, 3.05) is 6.26 Å². The molecule has 0 bridgehead atoms. The predicted molar refractivity (Wildman–Crippen MR) is 91.7 cm³/mol.